The van der Waals surface area contributed by atoms with Crippen LogP contribution in [0, 0.1) is 0 Å². The highest BCUT2D eigenvalue weighted by Gasteiger charge is 2.14. The maximum Gasteiger partial charge on any atom is 0.339 e. The van der Waals surface area contributed by atoms with Crippen LogP contribution < -0.4 is 5.32 Å². The van der Waals surface area contributed by atoms with Gasteiger partial charge in [-0.1, -0.05) is 0 Å². The molecule has 0 radical (unpaired) electrons. The number of rotatable bonds is 5. The molecule has 0 saturated carbocycles. The van der Waals surface area contributed by atoms with Crippen LogP contribution in [0.5, 0.6) is 0 Å². The molecular formula is C5H13N2O5P. The van der Waals surface area contributed by atoms with Gasteiger partial charge in [-0.05, 0) is 6.92 Å². The zero-order chi connectivity index (χ0) is 10.5. The van der Waals surface area contributed by atoms with Crippen LogP contribution in [0.25, 0.3) is 0 Å². The summed E-state index contributed by atoms with van der Waals surface area (Å²) in [5, 5.41) is 11.5. The summed E-state index contributed by atoms with van der Waals surface area (Å²) in [6.07, 6.45) is -0.573. The van der Waals surface area contributed by atoms with Crippen molar-refractivity contribution < 1.29 is 24.4 Å². The number of likely N-dealkylation sites (N-methyl/N-ethyl adjacent to an activating group) is 1. The molecule has 7 nitrogen and oxygen atoms in total. The first-order valence-corrected chi connectivity index (χ1v) is 5.41. The van der Waals surface area contributed by atoms with Crippen molar-refractivity contribution in [2.24, 2.45) is 0 Å². The molecule has 0 atom stereocenters. The first-order chi connectivity index (χ1) is 5.87. The lowest BCUT2D eigenvalue weighted by atomic mass is 10.5. The molecule has 0 unspecified atom stereocenters. The van der Waals surface area contributed by atoms with Crippen molar-refractivity contribution >= 4 is 13.5 Å². The number of nitrogens with zero attached hydrogens (tertiary/aromatic N) is 1. The minimum atomic E-state index is -4.12. The topological polar surface area (TPSA) is 110 Å². The van der Waals surface area contributed by atoms with E-state index in [1.165, 1.54) is 0 Å². The summed E-state index contributed by atoms with van der Waals surface area (Å²) in [5.74, 6) is -0.629. The molecule has 4 N–H and O–H groups in total. The zero-order valence-electron chi connectivity index (χ0n) is 7.17. The summed E-state index contributed by atoms with van der Waals surface area (Å²) in [5.41, 5.74) is 0. The van der Waals surface area contributed by atoms with Gasteiger partial charge >= 0.3 is 7.60 Å². The molecule has 0 saturated heterocycles. The average molecular weight is 212 g/mol. The van der Waals surface area contributed by atoms with Crippen LogP contribution in [0.15, 0.2) is 0 Å². The number of hydroxylamine groups is 2. The van der Waals surface area contributed by atoms with E-state index in [0.29, 0.717) is 5.06 Å². The third kappa shape index (κ3) is 6.68. The van der Waals surface area contributed by atoms with E-state index in [-0.39, 0.29) is 13.1 Å². The van der Waals surface area contributed by atoms with E-state index in [9.17, 15) is 9.36 Å². The van der Waals surface area contributed by atoms with Crippen LogP contribution >= 0.6 is 7.60 Å². The fourth-order valence-electron chi connectivity index (χ4n) is 0.576. The molecule has 0 aliphatic heterocycles. The van der Waals surface area contributed by atoms with Gasteiger partial charge in [-0.25, -0.2) is 5.06 Å². The van der Waals surface area contributed by atoms with Crippen molar-refractivity contribution in [3.63, 3.8) is 0 Å². The summed E-state index contributed by atoms with van der Waals surface area (Å²) < 4.78 is 10.3. The largest absolute Gasteiger partial charge is 0.339 e. The lowest BCUT2D eigenvalue weighted by molar-refractivity contribution is -0.163. The minimum absolute atomic E-state index is 0.135. The summed E-state index contributed by atoms with van der Waals surface area (Å²) in [6.45, 7) is 1.41. The van der Waals surface area contributed by atoms with Crippen LogP contribution in [0.2, 0.25) is 0 Å². The van der Waals surface area contributed by atoms with Crippen LogP contribution in [0.1, 0.15) is 6.92 Å². The highest BCUT2D eigenvalue weighted by molar-refractivity contribution is 7.51. The highest BCUT2D eigenvalue weighted by Crippen LogP contribution is 2.31. The van der Waals surface area contributed by atoms with Gasteiger partial charge in [-0.15, -0.1) is 0 Å². The van der Waals surface area contributed by atoms with E-state index in [1.54, 1.807) is 6.92 Å². The molecule has 13 heavy (non-hydrogen) atoms. The van der Waals surface area contributed by atoms with E-state index < -0.39 is 19.8 Å². The van der Waals surface area contributed by atoms with Gasteiger partial charge in [0.2, 0.25) is 0 Å². The predicted molar refractivity (Wildman–Crippen MR) is 44.1 cm³/mol. The minimum Gasteiger partial charge on any atom is -0.324 e. The van der Waals surface area contributed by atoms with Gasteiger partial charge in [0.15, 0.2) is 0 Å². The molecule has 0 aromatic rings. The van der Waals surface area contributed by atoms with Gasteiger partial charge in [0, 0.05) is 6.54 Å². The Bertz CT molecular complexity index is 215. The molecule has 0 aliphatic rings. The van der Waals surface area contributed by atoms with Crippen molar-refractivity contribution in [3.05, 3.63) is 0 Å². The van der Waals surface area contributed by atoms with Crippen molar-refractivity contribution in [1.29, 1.82) is 0 Å². The van der Waals surface area contributed by atoms with Crippen molar-refractivity contribution in [2.45, 2.75) is 6.92 Å². The van der Waals surface area contributed by atoms with Crippen LogP contribution in [-0.2, 0) is 9.36 Å². The molecule has 0 heterocycles. The zero-order valence-corrected chi connectivity index (χ0v) is 8.07. The van der Waals surface area contributed by atoms with Gasteiger partial charge < -0.3 is 9.79 Å². The van der Waals surface area contributed by atoms with Crippen molar-refractivity contribution in [1.82, 2.24) is 10.4 Å². The second kappa shape index (κ2) is 5.31. The second-order valence-corrected chi connectivity index (χ2v) is 4.00. The molecule has 8 heteroatoms. The quantitative estimate of drug-likeness (QED) is 0.263. The molecule has 1 amide bonds. The molecule has 0 fully saturated rings. The summed E-state index contributed by atoms with van der Waals surface area (Å²) in [6, 6.07) is 0. The fraction of sp³-hybridized carbons (Fsp3) is 0.800. The van der Waals surface area contributed by atoms with E-state index in [0.717, 1.165) is 0 Å². The smallest absolute Gasteiger partial charge is 0.324 e. The van der Waals surface area contributed by atoms with E-state index in [2.05, 4.69) is 5.32 Å². The first-order valence-electron chi connectivity index (χ1n) is 3.61. The monoisotopic (exact) mass is 212 g/mol. The van der Waals surface area contributed by atoms with Crippen LogP contribution in [0.3, 0.4) is 0 Å². The summed E-state index contributed by atoms with van der Waals surface area (Å²) in [7, 11) is -4.12. The Balaban J connectivity index is 3.66. The molecular weight excluding hydrogens is 199 g/mol. The van der Waals surface area contributed by atoms with Gasteiger partial charge in [0.1, 0.15) is 0 Å². The molecule has 0 aromatic heterocycles. The van der Waals surface area contributed by atoms with E-state index >= 15 is 0 Å². The number of amides is 1. The fourth-order valence-corrected chi connectivity index (χ4v) is 0.979. The third-order valence-corrected chi connectivity index (χ3v) is 1.82. The summed E-state index contributed by atoms with van der Waals surface area (Å²) in [4.78, 5) is 27.6. The molecule has 0 aliphatic carbocycles. The summed E-state index contributed by atoms with van der Waals surface area (Å²) >= 11 is 0. The normalized spacial score (nSPS) is 11.4. The van der Waals surface area contributed by atoms with Gasteiger partial charge in [0.25, 0.3) is 5.91 Å². The Labute approximate surface area is 75.5 Å². The highest BCUT2D eigenvalue weighted by atomic mass is 31.2. The third-order valence-electron chi connectivity index (χ3n) is 1.18. The van der Waals surface area contributed by atoms with Gasteiger partial charge in [-0.3, -0.25) is 19.9 Å². The lowest BCUT2D eigenvalue weighted by Crippen LogP contribution is -2.36. The standard InChI is InChI=1S/C5H13N2O5P/c1-2-7(9)5(8)3-6-4-13(10,11)12/h6,9H,2-4H2,1H3,(H2,10,11,12). The van der Waals surface area contributed by atoms with Gasteiger partial charge in [0.05, 0.1) is 12.8 Å². The maximum absolute atomic E-state index is 10.8. The Morgan fingerprint density at radius 1 is 1.54 bits per heavy atom. The number of carbonyl (C=O) groups excluding carboxylic acids is 1. The molecule has 0 rings (SSSR count). The SMILES string of the molecule is CCN(O)C(=O)CNCP(=O)(O)O. The van der Waals surface area contributed by atoms with Gasteiger partial charge in [-0.2, -0.15) is 0 Å². The maximum atomic E-state index is 10.8. The second-order valence-electron chi connectivity index (χ2n) is 2.36. The number of nitrogens with one attached hydrogen (secondary N) is 1. The van der Waals surface area contributed by atoms with E-state index in [1.807, 2.05) is 0 Å². The number of hydrogen-bond acceptors (Lipinski definition) is 4. The Kier molecular flexibility index (Phi) is 5.12. The van der Waals surface area contributed by atoms with Crippen LogP contribution in [0.4, 0.5) is 0 Å². The first kappa shape index (κ1) is 12.5. The Morgan fingerprint density at radius 2 is 2.08 bits per heavy atom. The lowest BCUT2D eigenvalue weighted by Gasteiger charge is -2.12. The Morgan fingerprint density at radius 3 is 2.46 bits per heavy atom. The Hall–Kier alpha value is -0.460. The molecule has 0 bridgehead atoms. The van der Waals surface area contributed by atoms with Crippen LogP contribution in [-0.4, -0.2) is 45.3 Å². The predicted octanol–water partition coefficient (Wildman–Crippen LogP) is -1.05. The molecule has 0 spiro atoms. The number of hydrogen-bond donors (Lipinski definition) is 4. The van der Waals surface area contributed by atoms with Crippen molar-refractivity contribution in [2.75, 3.05) is 19.4 Å². The molecule has 78 valence electrons. The molecule has 0 aromatic carbocycles. The number of carbonyl (C=O) groups is 1. The van der Waals surface area contributed by atoms with Crippen molar-refractivity contribution in [3.8, 4) is 0 Å². The average Bonchev–Trinajstić information content (AvgIpc) is 2.00. The van der Waals surface area contributed by atoms with E-state index in [4.69, 9.17) is 15.0 Å².